The molecule has 0 amide bonds. The van der Waals surface area contributed by atoms with Crippen LogP contribution in [-0.4, -0.2) is 28.8 Å². The molecule has 3 aromatic heterocycles. The topological polar surface area (TPSA) is 80.2 Å². The average Bonchev–Trinajstić information content (AvgIpc) is 3.65. The molecule has 0 atom stereocenters. The lowest BCUT2D eigenvalue weighted by atomic mass is 10.2. The van der Waals surface area contributed by atoms with E-state index in [1.807, 2.05) is 72.8 Å². The highest BCUT2D eigenvalue weighted by Crippen LogP contribution is 2.38. The number of furan rings is 1. The largest absolute Gasteiger partial charge is 0.497 e. The number of nitrogens with zero attached hydrogens (tertiary/aromatic N) is 3. The van der Waals surface area contributed by atoms with Crippen molar-refractivity contribution in [3.8, 4) is 33.9 Å². The molecule has 186 valence electrons. The summed E-state index contributed by atoms with van der Waals surface area (Å²) in [6, 6.07) is 23.6. The normalized spacial score (nSPS) is 11.2. The summed E-state index contributed by atoms with van der Waals surface area (Å²) in [6.07, 6.45) is 1.73. The van der Waals surface area contributed by atoms with Gasteiger partial charge in [-0.25, -0.2) is 4.98 Å². The molecule has 9 heteroatoms. The second-order valence-corrected chi connectivity index (χ2v) is 9.19. The van der Waals surface area contributed by atoms with Crippen LogP contribution in [0.5, 0.6) is 22.4 Å². The van der Waals surface area contributed by atoms with Crippen molar-refractivity contribution in [2.45, 2.75) is 13.2 Å². The molecule has 6 rings (SSSR count). The summed E-state index contributed by atoms with van der Waals surface area (Å²) in [5.74, 6) is 2.64. The molecule has 0 saturated heterocycles. The third-order valence-corrected chi connectivity index (χ3v) is 6.71. The molecule has 0 aliphatic heterocycles. The number of rotatable bonds is 9. The maximum Gasteiger partial charge on any atom is 0.294 e. The molecule has 0 bridgehead atoms. The van der Waals surface area contributed by atoms with Gasteiger partial charge in [-0.05, 0) is 46.7 Å². The summed E-state index contributed by atoms with van der Waals surface area (Å²) in [5.41, 5.74) is 3.42. The van der Waals surface area contributed by atoms with Gasteiger partial charge in [-0.2, -0.15) is 4.52 Å². The van der Waals surface area contributed by atoms with Crippen molar-refractivity contribution < 1.29 is 23.4 Å². The zero-order valence-corrected chi connectivity index (χ0v) is 21.0. The quantitative estimate of drug-likeness (QED) is 0.222. The maximum absolute atomic E-state index is 6.25. The van der Waals surface area contributed by atoms with Gasteiger partial charge in [0, 0.05) is 11.5 Å². The van der Waals surface area contributed by atoms with Gasteiger partial charge in [0.2, 0.25) is 4.96 Å². The van der Waals surface area contributed by atoms with Gasteiger partial charge in [0.15, 0.2) is 17.1 Å². The Morgan fingerprint density at radius 3 is 2.51 bits per heavy atom. The molecule has 8 nitrogen and oxygen atoms in total. The van der Waals surface area contributed by atoms with Gasteiger partial charge < -0.3 is 23.4 Å². The molecule has 0 unspecified atom stereocenters. The van der Waals surface area contributed by atoms with Gasteiger partial charge in [-0.15, -0.1) is 5.10 Å². The lowest BCUT2D eigenvalue weighted by molar-refractivity contribution is 0.294. The molecule has 0 fully saturated rings. The highest BCUT2D eigenvalue weighted by Gasteiger charge is 2.18. The molecule has 3 aromatic carbocycles. The summed E-state index contributed by atoms with van der Waals surface area (Å²) in [4.78, 5) is 5.14. The van der Waals surface area contributed by atoms with Gasteiger partial charge in [0.25, 0.3) is 5.19 Å². The minimum absolute atomic E-state index is 0.334. The third-order valence-electron chi connectivity index (χ3n) is 5.83. The maximum atomic E-state index is 6.25. The Balaban J connectivity index is 1.25. The first-order valence-electron chi connectivity index (χ1n) is 11.6. The molecule has 0 aliphatic rings. The van der Waals surface area contributed by atoms with Crippen LogP contribution in [-0.2, 0) is 13.2 Å². The van der Waals surface area contributed by atoms with Crippen LogP contribution in [0.3, 0.4) is 0 Å². The van der Waals surface area contributed by atoms with Crippen LogP contribution in [0.2, 0.25) is 0 Å². The Labute approximate surface area is 216 Å². The van der Waals surface area contributed by atoms with Gasteiger partial charge in [-0.3, -0.25) is 0 Å². The van der Waals surface area contributed by atoms with E-state index in [0.29, 0.717) is 41.2 Å². The number of hydrogen-bond acceptors (Lipinski definition) is 8. The van der Waals surface area contributed by atoms with E-state index in [1.54, 1.807) is 24.9 Å². The van der Waals surface area contributed by atoms with Crippen molar-refractivity contribution in [1.82, 2.24) is 14.6 Å². The van der Waals surface area contributed by atoms with Crippen molar-refractivity contribution in [2.24, 2.45) is 0 Å². The zero-order chi connectivity index (χ0) is 25.2. The van der Waals surface area contributed by atoms with E-state index in [0.717, 1.165) is 32.9 Å². The minimum atomic E-state index is 0.334. The highest BCUT2D eigenvalue weighted by molar-refractivity contribution is 7.18. The summed E-state index contributed by atoms with van der Waals surface area (Å²) >= 11 is 1.36. The van der Waals surface area contributed by atoms with Crippen LogP contribution in [0.4, 0.5) is 0 Å². The van der Waals surface area contributed by atoms with Crippen LogP contribution in [0.25, 0.3) is 27.4 Å². The van der Waals surface area contributed by atoms with E-state index in [2.05, 4.69) is 10.1 Å². The number of methoxy groups -OCH3 is 2. The van der Waals surface area contributed by atoms with Crippen molar-refractivity contribution in [3.05, 3.63) is 90.1 Å². The van der Waals surface area contributed by atoms with Crippen LogP contribution < -0.4 is 18.9 Å². The zero-order valence-electron chi connectivity index (χ0n) is 20.2. The molecule has 37 heavy (non-hydrogen) atoms. The third kappa shape index (κ3) is 4.68. The summed E-state index contributed by atoms with van der Waals surface area (Å²) in [7, 11) is 3.21. The van der Waals surface area contributed by atoms with E-state index in [-0.39, 0.29) is 0 Å². The fourth-order valence-corrected chi connectivity index (χ4v) is 4.69. The lowest BCUT2D eigenvalue weighted by Gasteiger charge is -2.11. The van der Waals surface area contributed by atoms with E-state index in [1.165, 1.54) is 11.3 Å². The van der Waals surface area contributed by atoms with Gasteiger partial charge >= 0.3 is 0 Å². The standard InChI is InChI=1S/C28H23N3O5S/c1-32-22-12-20-13-24(23-15-29-27-31(23)30-28(33-2)37-27)36-26(20)25(14-22)35-17-19-9-6-10-21(11-19)34-16-18-7-4-3-5-8-18/h3-15H,16-17H2,1-2H3. The minimum Gasteiger partial charge on any atom is -0.497 e. The SMILES string of the molecule is COc1cc(OCc2cccc(OCc3ccccc3)c2)c2oc(-c3cnc4sc(OC)nn34)cc2c1. The number of imidazole rings is 1. The van der Waals surface area contributed by atoms with E-state index in [9.17, 15) is 0 Å². The van der Waals surface area contributed by atoms with Crippen molar-refractivity contribution in [3.63, 3.8) is 0 Å². The highest BCUT2D eigenvalue weighted by atomic mass is 32.1. The molecular weight excluding hydrogens is 490 g/mol. The Hall–Kier alpha value is -4.50. The first-order valence-corrected chi connectivity index (χ1v) is 12.4. The van der Waals surface area contributed by atoms with Gasteiger partial charge in [-0.1, -0.05) is 42.5 Å². The summed E-state index contributed by atoms with van der Waals surface area (Å²) in [5, 5.41) is 5.81. The smallest absolute Gasteiger partial charge is 0.294 e. The predicted octanol–water partition coefficient (Wildman–Crippen LogP) is 6.38. The molecule has 0 radical (unpaired) electrons. The number of benzene rings is 3. The summed E-state index contributed by atoms with van der Waals surface area (Å²) < 4.78 is 30.9. The van der Waals surface area contributed by atoms with Gasteiger partial charge in [0.05, 0.1) is 20.4 Å². The molecule has 0 spiro atoms. The predicted molar refractivity (Wildman–Crippen MR) is 141 cm³/mol. The Bertz CT molecular complexity index is 1670. The van der Waals surface area contributed by atoms with Crippen molar-refractivity contribution in [2.75, 3.05) is 14.2 Å². The van der Waals surface area contributed by atoms with E-state index < -0.39 is 0 Å². The van der Waals surface area contributed by atoms with Gasteiger partial charge in [0.1, 0.15) is 30.4 Å². The number of fused-ring (bicyclic) bond motifs is 2. The fraction of sp³-hybridized carbons (Fsp3) is 0.143. The molecular formula is C28H23N3O5S. The van der Waals surface area contributed by atoms with Crippen molar-refractivity contribution >= 4 is 27.3 Å². The first-order chi connectivity index (χ1) is 18.2. The molecule has 0 N–H and O–H groups in total. The Morgan fingerprint density at radius 2 is 1.68 bits per heavy atom. The first kappa shape index (κ1) is 22.9. The van der Waals surface area contributed by atoms with Crippen LogP contribution in [0, 0.1) is 0 Å². The number of aromatic nitrogens is 3. The second kappa shape index (κ2) is 9.87. The van der Waals surface area contributed by atoms with E-state index >= 15 is 0 Å². The molecule has 0 aliphatic carbocycles. The van der Waals surface area contributed by atoms with E-state index in [4.69, 9.17) is 23.4 Å². The van der Waals surface area contributed by atoms with Crippen molar-refractivity contribution in [1.29, 1.82) is 0 Å². The number of hydrogen-bond donors (Lipinski definition) is 0. The fourth-order valence-electron chi connectivity index (χ4n) is 4.00. The number of ether oxygens (including phenoxy) is 4. The average molecular weight is 514 g/mol. The Morgan fingerprint density at radius 1 is 0.838 bits per heavy atom. The monoisotopic (exact) mass is 513 g/mol. The second-order valence-electron chi connectivity index (χ2n) is 8.27. The molecule has 3 heterocycles. The molecule has 0 saturated carbocycles. The van der Waals surface area contributed by atoms with Crippen LogP contribution >= 0.6 is 11.3 Å². The van der Waals surface area contributed by atoms with Crippen LogP contribution in [0.15, 0.2) is 83.4 Å². The lowest BCUT2D eigenvalue weighted by Crippen LogP contribution is -1.99. The summed E-state index contributed by atoms with van der Waals surface area (Å²) in [6.45, 7) is 0.838. The molecule has 6 aromatic rings. The van der Waals surface area contributed by atoms with Crippen LogP contribution in [0.1, 0.15) is 11.1 Å². The Kier molecular flexibility index (Phi) is 6.11.